The van der Waals surface area contributed by atoms with E-state index in [0.717, 1.165) is 22.1 Å². The van der Waals surface area contributed by atoms with Crippen molar-refractivity contribution in [1.29, 1.82) is 0 Å². The standard InChI is InChI=1S/C24H25NO3/c26-23(27)12-9-18-13-22(21-11-10-19-7-3-4-8-20(19)14-21)24(25-15-18)28-16-17-5-1-2-6-17/h3-4,7-8,10-11,13-15,17H,1-2,5-6,9,12,16H2,(H,26,27). The molecule has 0 radical (unpaired) electrons. The van der Waals surface area contributed by atoms with Crippen LogP contribution in [0, 0.1) is 5.92 Å². The van der Waals surface area contributed by atoms with Gasteiger partial charge in [0.1, 0.15) is 0 Å². The number of nitrogens with zero attached hydrogens (tertiary/aromatic N) is 1. The summed E-state index contributed by atoms with van der Waals surface area (Å²) in [6.07, 6.45) is 7.33. The number of aliphatic carboxylic acids is 1. The first kappa shape index (κ1) is 18.5. The monoisotopic (exact) mass is 375 g/mol. The first-order valence-corrected chi connectivity index (χ1v) is 10.0. The van der Waals surface area contributed by atoms with Crippen molar-refractivity contribution < 1.29 is 14.6 Å². The Labute approximate surface area is 165 Å². The molecule has 0 bridgehead atoms. The van der Waals surface area contributed by atoms with Crippen molar-refractivity contribution in [2.75, 3.05) is 6.61 Å². The van der Waals surface area contributed by atoms with Crippen LogP contribution in [0.3, 0.4) is 0 Å². The lowest BCUT2D eigenvalue weighted by Crippen LogP contribution is -2.10. The molecule has 1 aliphatic carbocycles. The van der Waals surface area contributed by atoms with Gasteiger partial charge in [-0.1, -0.05) is 49.2 Å². The van der Waals surface area contributed by atoms with Gasteiger partial charge in [0.25, 0.3) is 0 Å². The smallest absolute Gasteiger partial charge is 0.303 e. The summed E-state index contributed by atoms with van der Waals surface area (Å²) >= 11 is 0. The molecule has 0 atom stereocenters. The van der Waals surface area contributed by atoms with E-state index in [9.17, 15) is 4.79 Å². The Morgan fingerprint density at radius 1 is 1.07 bits per heavy atom. The molecule has 4 heteroatoms. The first-order chi connectivity index (χ1) is 13.7. The van der Waals surface area contributed by atoms with Crippen LogP contribution in [0.2, 0.25) is 0 Å². The average molecular weight is 375 g/mol. The van der Waals surface area contributed by atoms with E-state index in [-0.39, 0.29) is 6.42 Å². The number of carbonyl (C=O) groups is 1. The highest BCUT2D eigenvalue weighted by Gasteiger charge is 2.18. The minimum Gasteiger partial charge on any atom is -0.481 e. The summed E-state index contributed by atoms with van der Waals surface area (Å²) in [7, 11) is 0. The third-order valence-corrected chi connectivity index (χ3v) is 5.53. The minimum absolute atomic E-state index is 0.0983. The molecule has 0 aliphatic heterocycles. The van der Waals surface area contributed by atoms with Gasteiger partial charge in [0.05, 0.1) is 6.61 Å². The molecular formula is C24H25NO3. The van der Waals surface area contributed by atoms with Crippen LogP contribution in [0.5, 0.6) is 5.88 Å². The number of fused-ring (bicyclic) bond motifs is 1. The van der Waals surface area contributed by atoms with Gasteiger partial charge in [-0.2, -0.15) is 0 Å². The molecule has 28 heavy (non-hydrogen) atoms. The normalized spacial score (nSPS) is 14.4. The van der Waals surface area contributed by atoms with E-state index in [2.05, 4.69) is 35.3 Å². The lowest BCUT2D eigenvalue weighted by Gasteiger charge is -2.15. The van der Waals surface area contributed by atoms with Crippen molar-refractivity contribution in [3.05, 3.63) is 60.3 Å². The maximum absolute atomic E-state index is 10.9. The van der Waals surface area contributed by atoms with Crippen LogP contribution in [0.15, 0.2) is 54.7 Å². The second kappa shape index (κ2) is 8.42. The van der Waals surface area contributed by atoms with Crippen molar-refractivity contribution in [3.63, 3.8) is 0 Å². The van der Waals surface area contributed by atoms with Gasteiger partial charge in [0.2, 0.25) is 5.88 Å². The molecule has 4 rings (SSSR count). The van der Waals surface area contributed by atoms with E-state index in [1.165, 1.54) is 31.1 Å². The molecule has 4 nitrogen and oxygen atoms in total. The Morgan fingerprint density at radius 3 is 2.64 bits per heavy atom. The second-order valence-corrected chi connectivity index (χ2v) is 7.61. The Balaban J connectivity index is 1.66. The molecular weight excluding hydrogens is 350 g/mol. The predicted octanol–water partition coefficient (Wildman–Crippen LogP) is 5.49. The molecule has 0 saturated heterocycles. The topological polar surface area (TPSA) is 59.4 Å². The number of rotatable bonds is 7. The fourth-order valence-corrected chi connectivity index (χ4v) is 3.94. The average Bonchev–Trinajstić information content (AvgIpc) is 3.24. The van der Waals surface area contributed by atoms with Crippen molar-refractivity contribution in [3.8, 4) is 17.0 Å². The van der Waals surface area contributed by atoms with Crippen LogP contribution in [0.25, 0.3) is 21.9 Å². The van der Waals surface area contributed by atoms with Gasteiger partial charge in [0, 0.05) is 18.2 Å². The Morgan fingerprint density at radius 2 is 1.86 bits per heavy atom. The van der Waals surface area contributed by atoms with Crippen molar-refractivity contribution in [2.45, 2.75) is 38.5 Å². The molecule has 0 spiro atoms. The lowest BCUT2D eigenvalue weighted by atomic mass is 10.00. The largest absolute Gasteiger partial charge is 0.481 e. The van der Waals surface area contributed by atoms with Crippen LogP contribution < -0.4 is 4.74 Å². The van der Waals surface area contributed by atoms with Crippen LogP contribution in [-0.2, 0) is 11.2 Å². The Bertz CT molecular complexity index is 977. The SMILES string of the molecule is O=C(O)CCc1cnc(OCC2CCCC2)c(-c2ccc3ccccc3c2)c1. The van der Waals surface area contributed by atoms with Crippen LogP contribution in [-0.4, -0.2) is 22.7 Å². The zero-order valence-corrected chi connectivity index (χ0v) is 15.9. The zero-order chi connectivity index (χ0) is 19.3. The number of carboxylic acid groups (broad SMARTS) is 1. The number of aromatic nitrogens is 1. The number of aryl methyl sites for hydroxylation is 1. The molecule has 1 fully saturated rings. The summed E-state index contributed by atoms with van der Waals surface area (Å²) < 4.78 is 6.14. The van der Waals surface area contributed by atoms with Crippen LogP contribution >= 0.6 is 0 Å². The molecule has 0 amide bonds. The van der Waals surface area contributed by atoms with Gasteiger partial charge in [-0.25, -0.2) is 4.98 Å². The highest BCUT2D eigenvalue weighted by molar-refractivity contribution is 5.88. The summed E-state index contributed by atoms with van der Waals surface area (Å²) in [5.41, 5.74) is 2.90. The third-order valence-electron chi connectivity index (χ3n) is 5.53. The molecule has 1 aliphatic rings. The van der Waals surface area contributed by atoms with Gasteiger partial charge in [0.15, 0.2) is 0 Å². The molecule has 144 valence electrons. The molecule has 1 aromatic heterocycles. The van der Waals surface area contributed by atoms with E-state index in [1.807, 2.05) is 18.2 Å². The second-order valence-electron chi connectivity index (χ2n) is 7.61. The van der Waals surface area contributed by atoms with Crippen molar-refractivity contribution in [2.24, 2.45) is 5.92 Å². The predicted molar refractivity (Wildman–Crippen MR) is 111 cm³/mol. The molecule has 1 saturated carbocycles. The summed E-state index contributed by atoms with van der Waals surface area (Å²) in [4.78, 5) is 15.5. The van der Waals surface area contributed by atoms with E-state index in [4.69, 9.17) is 9.84 Å². The zero-order valence-electron chi connectivity index (χ0n) is 15.9. The molecule has 1 N–H and O–H groups in total. The van der Waals surface area contributed by atoms with Gasteiger partial charge < -0.3 is 9.84 Å². The molecule has 1 heterocycles. The summed E-state index contributed by atoms with van der Waals surface area (Å²) in [6, 6.07) is 16.6. The third kappa shape index (κ3) is 4.33. The highest BCUT2D eigenvalue weighted by atomic mass is 16.5. The number of hydrogen-bond donors (Lipinski definition) is 1. The van der Waals surface area contributed by atoms with Crippen molar-refractivity contribution >= 4 is 16.7 Å². The summed E-state index contributed by atoms with van der Waals surface area (Å²) in [5, 5.41) is 11.3. The fourth-order valence-electron chi connectivity index (χ4n) is 3.94. The van der Waals surface area contributed by atoms with E-state index in [1.54, 1.807) is 6.20 Å². The number of hydrogen-bond acceptors (Lipinski definition) is 3. The summed E-state index contributed by atoms with van der Waals surface area (Å²) in [5.74, 6) is 0.452. The Kier molecular flexibility index (Phi) is 5.56. The van der Waals surface area contributed by atoms with E-state index in [0.29, 0.717) is 24.8 Å². The molecule has 3 aromatic rings. The molecule has 2 aromatic carbocycles. The van der Waals surface area contributed by atoms with Gasteiger partial charge in [-0.3, -0.25) is 4.79 Å². The first-order valence-electron chi connectivity index (χ1n) is 10.0. The number of ether oxygens (including phenoxy) is 1. The van der Waals surface area contributed by atoms with Gasteiger partial charge >= 0.3 is 5.97 Å². The van der Waals surface area contributed by atoms with Crippen LogP contribution in [0.1, 0.15) is 37.7 Å². The van der Waals surface area contributed by atoms with E-state index < -0.39 is 5.97 Å². The van der Waals surface area contributed by atoms with Gasteiger partial charge in [-0.15, -0.1) is 0 Å². The highest BCUT2D eigenvalue weighted by Crippen LogP contribution is 2.33. The van der Waals surface area contributed by atoms with E-state index >= 15 is 0 Å². The number of benzene rings is 2. The van der Waals surface area contributed by atoms with Gasteiger partial charge in [-0.05, 0) is 59.2 Å². The quantitative estimate of drug-likeness (QED) is 0.593. The number of carboxylic acids is 1. The Hall–Kier alpha value is -2.88. The minimum atomic E-state index is -0.797. The van der Waals surface area contributed by atoms with Crippen LogP contribution in [0.4, 0.5) is 0 Å². The maximum Gasteiger partial charge on any atom is 0.303 e. The van der Waals surface area contributed by atoms with Crippen molar-refractivity contribution in [1.82, 2.24) is 4.98 Å². The molecule has 0 unspecified atom stereocenters. The maximum atomic E-state index is 10.9. The fraction of sp³-hybridized carbons (Fsp3) is 0.333. The summed E-state index contributed by atoms with van der Waals surface area (Å²) in [6.45, 7) is 0.696. The lowest BCUT2D eigenvalue weighted by molar-refractivity contribution is -0.136. The number of pyridine rings is 1.